The Kier molecular flexibility index (Phi) is 6.67. The summed E-state index contributed by atoms with van der Waals surface area (Å²) in [6.45, 7) is 13.0. The van der Waals surface area contributed by atoms with Gasteiger partial charge in [-0.2, -0.15) is 0 Å². The molecule has 0 radical (unpaired) electrons. The second-order valence-electron chi connectivity index (χ2n) is 6.76. The lowest BCUT2D eigenvalue weighted by Gasteiger charge is -2.43. The number of rotatable bonds is 4. The summed E-state index contributed by atoms with van der Waals surface area (Å²) in [5.41, 5.74) is 3.79. The summed E-state index contributed by atoms with van der Waals surface area (Å²) >= 11 is 0. The lowest BCUT2D eigenvalue weighted by atomic mass is 9.79. The fraction of sp³-hybridized carbons (Fsp3) is 0.647. The lowest BCUT2D eigenvalue weighted by Crippen LogP contribution is -2.49. The second kappa shape index (κ2) is 7.59. The van der Waals surface area contributed by atoms with Crippen molar-refractivity contribution in [3.8, 4) is 0 Å². The van der Waals surface area contributed by atoms with Crippen molar-refractivity contribution in [3.63, 3.8) is 0 Å². The van der Waals surface area contributed by atoms with Crippen molar-refractivity contribution in [2.45, 2.75) is 33.7 Å². The number of aliphatic hydroxyl groups excluding tert-OH is 1. The number of nitrogens with one attached hydrogen (secondary N) is 1. The Hall–Kier alpha value is -0.610. The van der Waals surface area contributed by atoms with Crippen LogP contribution < -0.4 is 5.32 Å². The number of piperazine rings is 1. The minimum Gasteiger partial charge on any atom is -0.396 e. The third-order valence-electron chi connectivity index (χ3n) is 4.22. The van der Waals surface area contributed by atoms with Gasteiger partial charge in [-0.1, -0.05) is 43.2 Å². The molecule has 1 heterocycles. The van der Waals surface area contributed by atoms with E-state index >= 15 is 0 Å². The SMILES string of the molecule is Cc1cc(C)cc([C@@H](N2CCNCC2)C(C)(C)CO)c1.Cl. The number of benzene rings is 1. The fourth-order valence-corrected chi connectivity index (χ4v) is 3.35. The first kappa shape index (κ1) is 18.4. The van der Waals surface area contributed by atoms with Crippen LogP contribution >= 0.6 is 12.4 Å². The molecular weight excluding hydrogens is 284 g/mol. The van der Waals surface area contributed by atoms with Crippen LogP contribution in [0.25, 0.3) is 0 Å². The van der Waals surface area contributed by atoms with Crippen molar-refractivity contribution in [3.05, 3.63) is 34.9 Å². The lowest BCUT2D eigenvalue weighted by molar-refractivity contribution is 0.0305. The predicted octanol–water partition coefficient (Wildman–Crippen LogP) is 2.69. The molecule has 1 aliphatic rings. The molecule has 0 saturated carbocycles. The maximum atomic E-state index is 9.85. The monoisotopic (exact) mass is 312 g/mol. The molecule has 1 aromatic carbocycles. The fourth-order valence-electron chi connectivity index (χ4n) is 3.35. The average Bonchev–Trinajstić information content (AvgIpc) is 2.39. The molecule has 0 amide bonds. The molecule has 2 N–H and O–H groups in total. The minimum absolute atomic E-state index is 0. The van der Waals surface area contributed by atoms with Gasteiger partial charge in [-0.05, 0) is 19.4 Å². The van der Waals surface area contributed by atoms with Gasteiger partial charge in [0.25, 0.3) is 0 Å². The van der Waals surface area contributed by atoms with Crippen molar-refractivity contribution in [1.82, 2.24) is 10.2 Å². The van der Waals surface area contributed by atoms with E-state index in [4.69, 9.17) is 0 Å². The van der Waals surface area contributed by atoms with Crippen LogP contribution in [-0.2, 0) is 0 Å². The molecule has 1 aromatic rings. The zero-order valence-electron chi connectivity index (χ0n) is 13.6. The van der Waals surface area contributed by atoms with Gasteiger partial charge in [-0.3, -0.25) is 4.90 Å². The molecule has 1 atom stereocenters. The van der Waals surface area contributed by atoms with Crippen LogP contribution in [0.3, 0.4) is 0 Å². The first-order valence-corrected chi connectivity index (χ1v) is 7.58. The van der Waals surface area contributed by atoms with Crippen LogP contribution in [0.5, 0.6) is 0 Å². The Morgan fingerprint density at radius 1 is 1.14 bits per heavy atom. The van der Waals surface area contributed by atoms with E-state index in [1.807, 2.05) is 0 Å². The summed E-state index contributed by atoms with van der Waals surface area (Å²) < 4.78 is 0. The summed E-state index contributed by atoms with van der Waals surface area (Å²) in [4.78, 5) is 2.51. The van der Waals surface area contributed by atoms with Gasteiger partial charge in [0.1, 0.15) is 0 Å². The molecule has 21 heavy (non-hydrogen) atoms. The molecule has 1 aliphatic heterocycles. The molecule has 0 aliphatic carbocycles. The standard InChI is InChI=1S/C17H28N2O.ClH/c1-13-9-14(2)11-15(10-13)16(17(3,4)12-20)19-7-5-18-6-8-19;/h9-11,16,18,20H,5-8,12H2,1-4H3;1H/t16-;/m1./s1. The van der Waals surface area contributed by atoms with Gasteiger partial charge in [-0.15, -0.1) is 12.4 Å². The van der Waals surface area contributed by atoms with Gasteiger partial charge in [0.2, 0.25) is 0 Å². The van der Waals surface area contributed by atoms with Crippen LogP contribution in [0.15, 0.2) is 18.2 Å². The Morgan fingerprint density at radius 2 is 1.67 bits per heavy atom. The van der Waals surface area contributed by atoms with E-state index in [0.29, 0.717) is 0 Å². The van der Waals surface area contributed by atoms with E-state index in [0.717, 1.165) is 26.2 Å². The number of hydrogen-bond acceptors (Lipinski definition) is 3. The number of hydrogen-bond donors (Lipinski definition) is 2. The van der Waals surface area contributed by atoms with E-state index in [2.05, 4.69) is 56.1 Å². The Labute approximate surface area is 135 Å². The zero-order valence-corrected chi connectivity index (χ0v) is 14.5. The summed E-state index contributed by atoms with van der Waals surface area (Å²) in [7, 11) is 0. The molecule has 3 nitrogen and oxygen atoms in total. The molecule has 0 aromatic heterocycles. The zero-order chi connectivity index (χ0) is 14.8. The number of aryl methyl sites for hydroxylation is 2. The molecule has 2 rings (SSSR count). The van der Waals surface area contributed by atoms with Gasteiger partial charge >= 0.3 is 0 Å². The maximum absolute atomic E-state index is 9.85. The maximum Gasteiger partial charge on any atom is 0.0500 e. The van der Waals surface area contributed by atoms with E-state index < -0.39 is 0 Å². The molecule has 4 heteroatoms. The summed E-state index contributed by atoms with van der Waals surface area (Å²) in [6.07, 6.45) is 0. The molecule has 0 unspecified atom stereocenters. The third-order valence-corrected chi connectivity index (χ3v) is 4.22. The first-order chi connectivity index (χ1) is 9.44. The summed E-state index contributed by atoms with van der Waals surface area (Å²) in [5.74, 6) is 0. The molecular formula is C17H29ClN2O. The van der Waals surface area contributed by atoms with Gasteiger partial charge < -0.3 is 10.4 Å². The van der Waals surface area contributed by atoms with E-state index in [1.165, 1.54) is 16.7 Å². The van der Waals surface area contributed by atoms with Gasteiger partial charge in [0.05, 0.1) is 0 Å². The molecule has 0 bridgehead atoms. The molecule has 0 spiro atoms. The Bertz CT molecular complexity index is 436. The number of halogens is 1. The van der Waals surface area contributed by atoms with Crippen LogP contribution in [-0.4, -0.2) is 42.8 Å². The highest BCUT2D eigenvalue weighted by Crippen LogP contribution is 2.38. The second-order valence-corrected chi connectivity index (χ2v) is 6.76. The molecule has 1 fully saturated rings. The van der Waals surface area contributed by atoms with Gasteiger partial charge in [0.15, 0.2) is 0 Å². The van der Waals surface area contributed by atoms with Crippen LogP contribution in [0.2, 0.25) is 0 Å². The van der Waals surface area contributed by atoms with Crippen molar-refractivity contribution in [2.75, 3.05) is 32.8 Å². The normalized spacial score (nSPS) is 18.1. The highest BCUT2D eigenvalue weighted by molar-refractivity contribution is 5.85. The predicted molar refractivity (Wildman–Crippen MR) is 91.2 cm³/mol. The number of nitrogens with zero attached hydrogens (tertiary/aromatic N) is 1. The number of aliphatic hydroxyl groups is 1. The van der Waals surface area contributed by atoms with E-state index in [1.54, 1.807) is 0 Å². The van der Waals surface area contributed by atoms with E-state index in [9.17, 15) is 5.11 Å². The van der Waals surface area contributed by atoms with Crippen molar-refractivity contribution in [2.24, 2.45) is 5.41 Å². The largest absolute Gasteiger partial charge is 0.396 e. The van der Waals surface area contributed by atoms with Crippen molar-refractivity contribution in [1.29, 1.82) is 0 Å². The molecule has 1 saturated heterocycles. The van der Waals surface area contributed by atoms with Gasteiger partial charge in [0, 0.05) is 44.2 Å². The quantitative estimate of drug-likeness (QED) is 0.897. The Morgan fingerprint density at radius 3 is 2.14 bits per heavy atom. The summed E-state index contributed by atoms with van der Waals surface area (Å²) in [6, 6.07) is 7.03. The third kappa shape index (κ3) is 4.43. The highest BCUT2D eigenvalue weighted by atomic mass is 35.5. The van der Waals surface area contributed by atoms with Gasteiger partial charge in [-0.25, -0.2) is 0 Å². The minimum atomic E-state index is -0.141. The highest BCUT2D eigenvalue weighted by Gasteiger charge is 2.35. The Balaban J connectivity index is 0.00000220. The smallest absolute Gasteiger partial charge is 0.0500 e. The van der Waals surface area contributed by atoms with Crippen molar-refractivity contribution < 1.29 is 5.11 Å². The average molecular weight is 313 g/mol. The van der Waals surface area contributed by atoms with E-state index in [-0.39, 0.29) is 30.5 Å². The van der Waals surface area contributed by atoms with Crippen LogP contribution in [0.1, 0.15) is 36.6 Å². The topological polar surface area (TPSA) is 35.5 Å². The van der Waals surface area contributed by atoms with Crippen LogP contribution in [0, 0.1) is 19.3 Å². The first-order valence-electron chi connectivity index (χ1n) is 7.58. The summed E-state index contributed by atoms with van der Waals surface area (Å²) in [5, 5.41) is 13.3. The molecule has 120 valence electrons. The van der Waals surface area contributed by atoms with Crippen molar-refractivity contribution >= 4 is 12.4 Å². The van der Waals surface area contributed by atoms with Crippen LogP contribution in [0.4, 0.5) is 0 Å².